The van der Waals surface area contributed by atoms with Crippen LogP contribution in [0.1, 0.15) is 5.56 Å². The fourth-order valence-corrected chi connectivity index (χ4v) is 1.47. The van der Waals surface area contributed by atoms with Gasteiger partial charge in [-0.15, -0.1) is 0 Å². The molecule has 1 aliphatic heterocycles. The standard InChI is InChI=1S/C8H7ClO2/c9-8-5-3-4-11-7(5)2-1-6(8)10/h1-2,10H,3-4H2. The van der Waals surface area contributed by atoms with Gasteiger partial charge in [0, 0.05) is 12.0 Å². The molecular weight excluding hydrogens is 164 g/mol. The maximum Gasteiger partial charge on any atom is 0.134 e. The molecule has 0 radical (unpaired) electrons. The van der Waals surface area contributed by atoms with E-state index >= 15 is 0 Å². The van der Waals surface area contributed by atoms with E-state index in [-0.39, 0.29) is 5.75 Å². The summed E-state index contributed by atoms with van der Waals surface area (Å²) in [4.78, 5) is 0. The summed E-state index contributed by atoms with van der Waals surface area (Å²) in [5.74, 6) is 0.934. The molecule has 2 rings (SSSR count). The molecule has 0 amide bonds. The van der Waals surface area contributed by atoms with Crippen LogP contribution in [-0.4, -0.2) is 11.7 Å². The van der Waals surface area contributed by atoms with Gasteiger partial charge in [-0.05, 0) is 12.1 Å². The zero-order chi connectivity index (χ0) is 7.84. The molecule has 0 saturated heterocycles. The summed E-state index contributed by atoms with van der Waals surface area (Å²) in [6.45, 7) is 0.665. The van der Waals surface area contributed by atoms with Gasteiger partial charge in [0.2, 0.25) is 0 Å². The monoisotopic (exact) mass is 170 g/mol. The van der Waals surface area contributed by atoms with Crippen LogP contribution in [0.25, 0.3) is 0 Å². The van der Waals surface area contributed by atoms with Gasteiger partial charge in [-0.2, -0.15) is 0 Å². The van der Waals surface area contributed by atoms with Crippen LogP contribution >= 0.6 is 11.6 Å². The molecule has 0 saturated carbocycles. The molecule has 1 aliphatic rings. The fourth-order valence-electron chi connectivity index (χ4n) is 1.22. The second-order valence-electron chi connectivity index (χ2n) is 2.47. The summed E-state index contributed by atoms with van der Waals surface area (Å²) in [6, 6.07) is 3.29. The Morgan fingerprint density at radius 1 is 1.45 bits per heavy atom. The van der Waals surface area contributed by atoms with Gasteiger partial charge in [-0.1, -0.05) is 11.6 Å². The molecule has 0 aromatic heterocycles. The second kappa shape index (κ2) is 2.31. The van der Waals surface area contributed by atoms with Gasteiger partial charge >= 0.3 is 0 Å². The lowest BCUT2D eigenvalue weighted by molar-refractivity contribution is 0.356. The number of aromatic hydroxyl groups is 1. The highest BCUT2D eigenvalue weighted by atomic mass is 35.5. The molecule has 0 aliphatic carbocycles. The SMILES string of the molecule is Oc1ccc2c(c1Cl)CCO2. The Kier molecular flexibility index (Phi) is 1.43. The molecule has 0 atom stereocenters. The molecule has 3 heteroatoms. The van der Waals surface area contributed by atoms with Crippen molar-refractivity contribution in [2.45, 2.75) is 6.42 Å². The first-order valence-electron chi connectivity index (χ1n) is 3.42. The summed E-state index contributed by atoms with van der Waals surface area (Å²) in [5.41, 5.74) is 0.923. The maximum absolute atomic E-state index is 9.20. The predicted octanol–water partition coefficient (Wildman–Crippen LogP) is 1.98. The highest BCUT2D eigenvalue weighted by molar-refractivity contribution is 6.33. The van der Waals surface area contributed by atoms with E-state index in [1.165, 1.54) is 0 Å². The number of benzene rings is 1. The predicted molar refractivity (Wildman–Crippen MR) is 42.3 cm³/mol. The first-order valence-corrected chi connectivity index (χ1v) is 3.80. The summed E-state index contributed by atoms with van der Waals surface area (Å²) >= 11 is 5.81. The van der Waals surface area contributed by atoms with E-state index in [9.17, 15) is 5.11 Å². The first kappa shape index (κ1) is 6.80. The molecule has 2 nitrogen and oxygen atoms in total. The molecule has 11 heavy (non-hydrogen) atoms. The molecule has 0 bridgehead atoms. The lowest BCUT2D eigenvalue weighted by Crippen LogP contribution is -1.85. The highest BCUT2D eigenvalue weighted by Gasteiger charge is 2.17. The zero-order valence-electron chi connectivity index (χ0n) is 5.80. The minimum atomic E-state index is 0.135. The zero-order valence-corrected chi connectivity index (χ0v) is 6.56. The van der Waals surface area contributed by atoms with Gasteiger partial charge in [0.25, 0.3) is 0 Å². The van der Waals surface area contributed by atoms with Crippen LogP contribution in [0.2, 0.25) is 5.02 Å². The Morgan fingerprint density at radius 3 is 3.09 bits per heavy atom. The van der Waals surface area contributed by atoms with Gasteiger partial charge in [0.15, 0.2) is 0 Å². The van der Waals surface area contributed by atoms with Crippen LogP contribution in [0.15, 0.2) is 12.1 Å². The van der Waals surface area contributed by atoms with Crippen molar-refractivity contribution in [3.63, 3.8) is 0 Å². The van der Waals surface area contributed by atoms with Crippen molar-refractivity contribution in [3.05, 3.63) is 22.7 Å². The lowest BCUT2D eigenvalue weighted by atomic mass is 10.1. The molecule has 0 spiro atoms. The average molecular weight is 171 g/mol. The van der Waals surface area contributed by atoms with Crippen LogP contribution in [-0.2, 0) is 6.42 Å². The van der Waals surface area contributed by atoms with E-state index < -0.39 is 0 Å². The fraction of sp³-hybridized carbons (Fsp3) is 0.250. The van der Waals surface area contributed by atoms with Crippen LogP contribution in [0.3, 0.4) is 0 Å². The second-order valence-corrected chi connectivity index (χ2v) is 2.85. The van der Waals surface area contributed by atoms with Crippen LogP contribution in [0, 0.1) is 0 Å². The normalized spacial score (nSPS) is 14.3. The summed E-state index contributed by atoms with van der Waals surface area (Å²) in [6.07, 6.45) is 0.794. The van der Waals surface area contributed by atoms with E-state index in [1.54, 1.807) is 12.1 Å². The van der Waals surface area contributed by atoms with E-state index in [0.29, 0.717) is 11.6 Å². The number of phenolic OH excluding ortho intramolecular Hbond substituents is 1. The smallest absolute Gasteiger partial charge is 0.134 e. The van der Waals surface area contributed by atoms with Gasteiger partial charge in [-0.25, -0.2) is 0 Å². The number of fused-ring (bicyclic) bond motifs is 1. The molecule has 1 N–H and O–H groups in total. The molecule has 1 heterocycles. The molecule has 0 fully saturated rings. The Hall–Kier alpha value is -0.890. The Labute approximate surface area is 69.4 Å². The van der Waals surface area contributed by atoms with E-state index in [4.69, 9.17) is 16.3 Å². The quantitative estimate of drug-likeness (QED) is 0.645. The summed E-state index contributed by atoms with van der Waals surface area (Å²) < 4.78 is 5.24. The van der Waals surface area contributed by atoms with Gasteiger partial charge in [0.05, 0.1) is 11.6 Å². The van der Waals surface area contributed by atoms with Crippen LogP contribution < -0.4 is 4.74 Å². The third-order valence-electron chi connectivity index (χ3n) is 1.79. The minimum Gasteiger partial charge on any atom is -0.506 e. The molecule has 58 valence electrons. The molecule has 0 unspecified atom stereocenters. The Morgan fingerprint density at radius 2 is 2.27 bits per heavy atom. The van der Waals surface area contributed by atoms with Crippen molar-refractivity contribution in [1.82, 2.24) is 0 Å². The molecule has 1 aromatic rings. The number of rotatable bonds is 0. The number of hydrogen-bond donors (Lipinski definition) is 1. The first-order chi connectivity index (χ1) is 5.29. The Balaban J connectivity index is 2.62. The topological polar surface area (TPSA) is 29.5 Å². The van der Waals surface area contributed by atoms with E-state index in [1.807, 2.05) is 0 Å². The van der Waals surface area contributed by atoms with Gasteiger partial charge in [-0.3, -0.25) is 0 Å². The van der Waals surface area contributed by atoms with E-state index in [0.717, 1.165) is 17.7 Å². The van der Waals surface area contributed by atoms with Crippen LogP contribution in [0.4, 0.5) is 0 Å². The maximum atomic E-state index is 9.20. The van der Waals surface area contributed by atoms with Crippen molar-refractivity contribution in [3.8, 4) is 11.5 Å². The largest absolute Gasteiger partial charge is 0.506 e. The van der Waals surface area contributed by atoms with E-state index in [2.05, 4.69) is 0 Å². The number of hydrogen-bond acceptors (Lipinski definition) is 2. The highest BCUT2D eigenvalue weighted by Crippen LogP contribution is 2.37. The summed E-state index contributed by atoms with van der Waals surface area (Å²) in [5, 5.41) is 9.63. The number of phenols is 1. The Bertz CT molecular complexity index is 296. The lowest BCUT2D eigenvalue weighted by Gasteiger charge is -2.01. The minimum absolute atomic E-state index is 0.135. The number of ether oxygens (including phenoxy) is 1. The van der Waals surface area contributed by atoms with Crippen molar-refractivity contribution in [2.24, 2.45) is 0 Å². The van der Waals surface area contributed by atoms with Crippen molar-refractivity contribution in [1.29, 1.82) is 0 Å². The summed E-state index contributed by atoms with van der Waals surface area (Å²) in [7, 11) is 0. The van der Waals surface area contributed by atoms with Crippen LogP contribution in [0.5, 0.6) is 11.5 Å². The third kappa shape index (κ3) is 0.942. The average Bonchev–Trinajstić information content (AvgIpc) is 2.45. The van der Waals surface area contributed by atoms with Crippen molar-refractivity contribution in [2.75, 3.05) is 6.61 Å². The van der Waals surface area contributed by atoms with Crippen molar-refractivity contribution >= 4 is 11.6 Å². The van der Waals surface area contributed by atoms with Crippen molar-refractivity contribution < 1.29 is 9.84 Å². The molecular formula is C8H7ClO2. The number of halogens is 1. The third-order valence-corrected chi connectivity index (χ3v) is 2.21. The molecule has 1 aromatic carbocycles. The van der Waals surface area contributed by atoms with Gasteiger partial charge in [0.1, 0.15) is 11.5 Å². The van der Waals surface area contributed by atoms with Gasteiger partial charge < -0.3 is 9.84 Å².